The number of hydrogen-bond donors (Lipinski definition) is 3. The smallest absolute Gasteiger partial charge is 0.148 e. The van der Waals surface area contributed by atoms with E-state index in [1.165, 1.54) is 19.3 Å². The molecule has 0 aromatic carbocycles. The van der Waals surface area contributed by atoms with E-state index in [9.17, 15) is 0 Å². The fourth-order valence-electron chi connectivity index (χ4n) is 2.55. The molecule has 0 spiro atoms. The zero-order chi connectivity index (χ0) is 13.0. The number of hydrazine groups is 1. The molecule has 4 N–H and O–H groups in total. The van der Waals surface area contributed by atoms with E-state index in [1.54, 1.807) is 6.33 Å². The van der Waals surface area contributed by atoms with Crippen molar-refractivity contribution in [2.75, 3.05) is 10.7 Å². The summed E-state index contributed by atoms with van der Waals surface area (Å²) in [5.41, 5.74) is 4.01. The van der Waals surface area contributed by atoms with E-state index in [2.05, 4.69) is 34.6 Å². The maximum absolute atomic E-state index is 5.52. The molecular weight excluding hydrogens is 226 g/mol. The highest BCUT2D eigenvalue weighted by Crippen LogP contribution is 2.38. The Balaban J connectivity index is 2.25. The van der Waals surface area contributed by atoms with Gasteiger partial charge in [-0.05, 0) is 32.1 Å². The average molecular weight is 249 g/mol. The minimum Gasteiger partial charge on any atom is -0.364 e. The van der Waals surface area contributed by atoms with Crippen LogP contribution in [0.3, 0.4) is 0 Å². The molecule has 1 fully saturated rings. The van der Waals surface area contributed by atoms with Crippen molar-refractivity contribution in [3.63, 3.8) is 0 Å². The maximum Gasteiger partial charge on any atom is 0.148 e. The van der Waals surface area contributed by atoms with E-state index in [0.29, 0.717) is 0 Å². The predicted molar refractivity (Wildman–Crippen MR) is 74.3 cm³/mol. The molecule has 1 saturated carbocycles. The van der Waals surface area contributed by atoms with Gasteiger partial charge in [-0.1, -0.05) is 20.3 Å². The van der Waals surface area contributed by atoms with E-state index in [-0.39, 0.29) is 5.54 Å². The Morgan fingerprint density at radius 3 is 2.50 bits per heavy atom. The molecule has 1 aromatic heterocycles. The van der Waals surface area contributed by atoms with Crippen molar-refractivity contribution in [2.45, 2.75) is 57.9 Å². The Bertz CT molecular complexity index is 395. The molecule has 1 aliphatic carbocycles. The minimum atomic E-state index is 0.239. The first-order valence-electron chi connectivity index (χ1n) is 6.83. The van der Waals surface area contributed by atoms with E-state index in [1.807, 2.05) is 0 Å². The normalized spacial score (nSPS) is 17.1. The monoisotopic (exact) mass is 249 g/mol. The number of anilines is 2. The summed E-state index contributed by atoms with van der Waals surface area (Å²) in [5.74, 6) is 7.21. The zero-order valence-corrected chi connectivity index (χ0v) is 11.3. The van der Waals surface area contributed by atoms with Gasteiger partial charge in [0.05, 0.1) is 0 Å². The Hall–Kier alpha value is -1.36. The Kier molecular flexibility index (Phi) is 4.01. The maximum atomic E-state index is 5.52. The molecule has 0 atom stereocenters. The molecule has 0 radical (unpaired) electrons. The van der Waals surface area contributed by atoms with Crippen molar-refractivity contribution in [1.82, 2.24) is 9.97 Å². The van der Waals surface area contributed by atoms with Crippen LogP contribution in [0.15, 0.2) is 6.33 Å². The number of aromatic nitrogens is 2. The summed E-state index contributed by atoms with van der Waals surface area (Å²) < 4.78 is 0. The van der Waals surface area contributed by atoms with E-state index in [4.69, 9.17) is 5.84 Å². The van der Waals surface area contributed by atoms with Crippen LogP contribution in [0.1, 0.15) is 51.5 Å². The highest BCUT2D eigenvalue weighted by molar-refractivity contribution is 5.58. The molecule has 0 amide bonds. The van der Waals surface area contributed by atoms with E-state index >= 15 is 0 Å². The van der Waals surface area contributed by atoms with Crippen LogP contribution in [-0.2, 0) is 6.42 Å². The molecule has 18 heavy (non-hydrogen) atoms. The van der Waals surface area contributed by atoms with Gasteiger partial charge < -0.3 is 10.7 Å². The average Bonchev–Trinajstić information content (AvgIpc) is 2.35. The third-order valence-corrected chi connectivity index (χ3v) is 3.95. The molecule has 5 nitrogen and oxygen atoms in total. The SMILES string of the molecule is CCCc1c(NN)ncnc1NC1(CC)CCC1. The summed E-state index contributed by atoms with van der Waals surface area (Å²) in [4.78, 5) is 8.59. The van der Waals surface area contributed by atoms with Gasteiger partial charge in [0.1, 0.15) is 18.0 Å². The van der Waals surface area contributed by atoms with Crippen LogP contribution in [0.2, 0.25) is 0 Å². The molecule has 5 heteroatoms. The molecule has 0 saturated heterocycles. The lowest BCUT2D eigenvalue weighted by molar-refractivity contribution is 0.268. The molecule has 1 heterocycles. The largest absolute Gasteiger partial charge is 0.364 e. The summed E-state index contributed by atoms with van der Waals surface area (Å²) in [6.45, 7) is 4.38. The Morgan fingerprint density at radius 2 is 2.00 bits per heavy atom. The summed E-state index contributed by atoms with van der Waals surface area (Å²) in [6, 6.07) is 0. The van der Waals surface area contributed by atoms with Crippen LogP contribution >= 0.6 is 0 Å². The van der Waals surface area contributed by atoms with Crippen LogP contribution in [-0.4, -0.2) is 15.5 Å². The van der Waals surface area contributed by atoms with Gasteiger partial charge in [0.2, 0.25) is 0 Å². The number of nitrogens with zero attached hydrogens (tertiary/aromatic N) is 2. The van der Waals surface area contributed by atoms with Gasteiger partial charge >= 0.3 is 0 Å². The third kappa shape index (κ3) is 2.41. The van der Waals surface area contributed by atoms with Crippen LogP contribution < -0.4 is 16.6 Å². The summed E-state index contributed by atoms with van der Waals surface area (Å²) >= 11 is 0. The van der Waals surface area contributed by atoms with Gasteiger partial charge in [-0.15, -0.1) is 0 Å². The molecule has 0 unspecified atom stereocenters. The van der Waals surface area contributed by atoms with Gasteiger partial charge in [0, 0.05) is 11.1 Å². The second-order valence-electron chi connectivity index (χ2n) is 5.06. The van der Waals surface area contributed by atoms with Crippen LogP contribution in [0.4, 0.5) is 11.6 Å². The van der Waals surface area contributed by atoms with Crippen LogP contribution in [0.25, 0.3) is 0 Å². The molecular formula is C13H23N5. The second kappa shape index (κ2) is 5.52. The number of rotatable bonds is 6. The molecule has 0 bridgehead atoms. The van der Waals surface area contributed by atoms with E-state index in [0.717, 1.165) is 36.5 Å². The summed E-state index contributed by atoms with van der Waals surface area (Å²) in [7, 11) is 0. The molecule has 1 aliphatic rings. The molecule has 0 aliphatic heterocycles. The zero-order valence-electron chi connectivity index (χ0n) is 11.3. The lowest BCUT2D eigenvalue weighted by Gasteiger charge is -2.42. The summed E-state index contributed by atoms with van der Waals surface area (Å²) in [6.07, 6.45) is 8.44. The van der Waals surface area contributed by atoms with Crippen molar-refractivity contribution in [3.05, 3.63) is 11.9 Å². The predicted octanol–water partition coefficient (Wildman–Crippen LogP) is 2.46. The number of hydrogen-bond acceptors (Lipinski definition) is 5. The number of nitrogen functional groups attached to an aromatic ring is 1. The minimum absolute atomic E-state index is 0.239. The standard InChI is InChI=1S/C13H23N5/c1-3-6-10-11(15-9-16-12(10)18-14)17-13(4-2)7-5-8-13/h9H,3-8,14H2,1-2H3,(H2,15,16,17,18). The Morgan fingerprint density at radius 1 is 1.28 bits per heavy atom. The fraction of sp³-hybridized carbons (Fsp3) is 0.692. The first kappa shape index (κ1) is 13.1. The first-order chi connectivity index (χ1) is 8.74. The lowest BCUT2D eigenvalue weighted by atomic mass is 9.75. The molecule has 1 aromatic rings. The van der Waals surface area contributed by atoms with E-state index < -0.39 is 0 Å². The van der Waals surface area contributed by atoms with Crippen molar-refractivity contribution in [3.8, 4) is 0 Å². The van der Waals surface area contributed by atoms with Crippen molar-refractivity contribution >= 4 is 11.6 Å². The van der Waals surface area contributed by atoms with Crippen molar-refractivity contribution < 1.29 is 0 Å². The summed E-state index contributed by atoms with van der Waals surface area (Å²) in [5, 5.41) is 3.62. The van der Waals surface area contributed by atoms with Crippen LogP contribution in [0.5, 0.6) is 0 Å². The second-order valence-corrected chi connectivity index (χ2v) is 5.06. The van der Waals surface area contributed by atoms with Crippen molar-refractivity contribution in [2.24, 2.45) is 5.84 Å². The quantitative estimate of drug-likeness (QED) is 0.533. The number of nitrogens with two attached hydrogens (primary N) is 1. The first-order valence-corrected chi connectivity index (χ1v) is 6.83. The lowest BCUT2D eigenvalue weighted by Crippen LogP contribution is -2.44. The Labute approximate surface area is 109 Å². The molecule has 100 valence electrons. The highest BCUT2D eigenvalue weighted by atomic mass is 15.3. The van der Waals surface area contributed by atoms with Gasteiger partial charge in [-0.25, -0.2) is 15.8 Å². The van der Waals surface area contributed by atoms with Gasteiger partial charge in [-0.2, -0.15) is 0 Å². The van der Waals surface area contributed by atoms with Crippen molar-refractivity contribution in [1.29, 1.82) is 0 Å². The topological polar surface area (TPSA) is 75.9 Å². The van der Waals surface area contributed by atoms with Gasteiger partial charge in [-0.3, -0.25) is 0 Å². The van der Waals surface area contributed by atoms with Crippen LogP contribution in [0, 0.1) is 0 Å². The fourth-order valence-corrected chi connectivity index (χ4v) is 2.55. The third-order valence-electron chi connectivity index (χ3n) is 3.95. The van der Waals surface area contributed by atoms with Gasteiger partial charge in [0.25, 0.3) is 0 Å². The van der Waals surface area contributed by atoms with Gasteiger partial charge in [0.15, 0.2) is 0 Å². The molecule has 2 rings (SSSR count). The number of nitrogens with one attached hydrogen (secondary N) is 2. The highest BCUT2D eigenvalue weighted by Gasteiger charge is 2.35.